The smallest absolute Gasteiger partial charge is 0.261 e. The van der Waals surface area contributed by atoms with E-state index in [1.54, 1.807) is 53.9 Å². The lowest BCUT2D eigenvalue weighted by atomic mass is 10.2. The van der Waals surface area contributed by atoms with Crippen LogP contribution in [0.2, 0.25) is 10.0 Å². The van der Waals surface area contributed by atoms with E-state index >= 15 is 0 Å². The molecule has 0 saturated carbocycles. The summed E-state index contributed by atoms with van der Waals surface area (Å²) in [6, 6.07) is 19.3. The van der Waals surface area contributed by atoms with Gasteiger partial charge in [0.2, 0.25) is 0 Å². The third-order valence-electron chi connectivity index (χ3n) is 4.40. The van der Waals surface area contributed by atoms with Crippen LogP contribution in [0.5, 0.6) is 0 Å². The number of amides is 1. The summed E-state index contributed by atoms with van der Waals surface area (Å²) in [6.07, 6.45) is 0. The highest BCUT2D eigenvalue weighted by Gasteiger charge is 2.19. The molecular weight excluding hydrogens is 489 g/mol. The number of halogens is 2. The first kappa shape index (κ1) is 22.3. The maximum Gasteiger partial charge on any atom is 0.261 e. The molecule has 0 spiro atoms. The molecule has 1 amide bonds. The van der Waals surface area contributed by atoms with Crippen molar-refractivity contribution in [2.75, 3.05) is 10.0 Å². The first-order valence-corrected chi connectivity index (χ1v) is 12.3. The number of aromatic nitrogens is 1. The summed E-state index contributed by atoms with van der Waals surface area (Å²) in [5.74, 6) is -0.505. The van der Waals surface area contributed by atoms with E-state index in [-0.39, 0.29) is 16.1 Å². The zero-order valence-corrected chi connectivity index (χ0v) is 19.4. The van der Waals surface area contributed by atoms with Gasteiger partial charge in [0.15, 0.2) is 5.13 Å². The molecule has 6 nitrogen and oxygen atoms in total. The lowest BCUT2D eigenvalue weighted by molar-refractivity contribution is 0.102. The van der Waals surface area contributed by atoms with Gasteiger partial charge in [0, 0.05) is 16.0 Å². The van der Waals surface area contributed by atoms with Crippen molar-refractivity contribution in [3.63, 3.8) is 0 Å². The number of rotatable bonds is 6. The number of hydrogen-bond acceptors (Lipinski definition) is 5. The molecule has 0 bridgehead atoms. The maximum atomic E-state index is 12.9. The molecular formula is C22H15Cl2N3O3S2. The standard InChI is InChI=1S/C22H15Cl2N3O3S2/c23-14-10-11-18(24)17(12-14)20-13-31-22(25-20)26-21(28)16-8-4-5-9-19(16)27-32(29,30)15-6-2-1-3-7-15/h1-13,27H,(H,25,26,28). The molecule has 0 unspecified atom stereocenters. The number of carbonyl (C=O) groups is 1. The molecule has 0 fully saturated rings. The van der Waals surface area contributed by atoms with E-state index in [1.165, 1.54) is 35.6 Å². The Bertz CT molecular complexity index is 1390. The Morgan fingerprint density at radius 2 is 1.66 bits per heavy atom. The topological polar surface area (TPSA) is 88.2 Å². The Labute approximate surface area is 198 Å². The number of hydrogen-bond donors (Lipinski definition) is 2. The average molecular weight is 504 g/mol. The van der Waals surface area contributed by atoms with Crippen LogP contribution in [0.3, 0.4) is 0 Å². The van der Waals surface area contributed by atoms with Gasteiger partial charge in [0.25, 0.3) is 15.9 Å². The van der Waals surface area contributed by atoms with E-state index in [9.17, 15) is 13.2 Å². The number of carbonyl (C=O) groups excluding carboxylic acids is 1. The molecule has 0 aliphatic heterocycles. The average Bonchev–Trinajstić information content (AvgIpc) is 3.24. The first-order chi connectivity index (χ1) is 15.3. The van der Waals surface area contributed by atoms with Gasteiger partial charge in [-0.3, -0.25) is 14.8 Å². The van der Waals surface area contributed by atoms with Crippen molar-refractivity contribution in [1.29, 1.82) is 0 Å². The molecule has 0 aliphatic rings. The van der Waals surface area contributed by atoms with Crippen LogP contribution in [0.4, 0.5) is 10.8 Å². The Hall–Kier alpha value is -2.91. The molecule has 4 rings (SSSR count). The van der Waals surface area contributed by atoms with Crippen LogP contribution >= 0.6 is 34.5 Å². The summed E-state index contributed by atoms with van der Waals surface area (Å²) in [7, 11) is -3.85. The molecule has 0 radical (unpaired) electrons. The minimum atomic E-state index is -3.85. The molecule has 0 aliphatic carbocycles. The lowest BCUT2D eigenvalue weighted by Gasteiger charge is -2.12. The number of para-hydroxylation sites is 1. The van der Waals surface area contributed by atoms with Gasteiger partial charge in [-0.2, -0.15) is 0 Å². The molecule has 0 saturated heterocycles. The second-order valence-electron chi connectivity index (χ2n) is 6.58. The number of benzene rings is 3. The van der Waals surface area contributed by atoms with E-state index < -0.39 is 15.9 Å². The summed E-state index contributed by atoms with van der Waals surface area (Å²) in [5.41, 5.74) is 1.52. The van der Waals surface area contributed by atoms with Gasteiger partial charge in [-0.15, -0.1) is 11.3 Å². The SMILES string of the molecule is O=C(Nc1nc(-c2cc(Cl)ccc2Cl)cs1)c1ccccc1NS(=O)(=O)c1ccccc1. The van der Waals surface area contributed by atoms with Gasteiger partial charge in [0.1, 0.15) is 0 Å². The minimum absolute atomic E-state index is 0.0955. The van der Waals surface area contributed by atoms with Crippen LogP contribution in [0, 0.1) is 0 Å². The molecule has 2 N–H and O–H groups in total. The predicted octanol–water partition coefficient (Wildman–Crippen LogP) is 6.17. The second-order valence-corrected chi connectivity index (χ2v) is 9.96. The third-order valence-corrected chi connectivity index (χ3v) is 7.10. The normalized spacial score (nSPS) is 11.2. The van der Waals surface area contributed by atoms with Crippen molar-refractivity contribution in [2.24, 2.45) is 0 Å². The van der Waals surface area contributed by atoms with Crippen molar-refractivity contribution >= 4 is 61.3 Å². The van der Waals surface area contributed by atoms with Gasteiger partial charge in [0.05, 0.1) is 26.9 Å². The fourth-order valence-corrected chi connectivity index (χ4v) is 5.08. The van der Waals surface area contributed by atoms with Crippen LogP contribution in [0.15, 0.2) is 83.1 Å². The van der Waals surface area contributed by atoms with E-state index in [2.05, 4.69) is 15.0 Å². The molecule has 0 atom stereocenters. The summed E-state index contributed by atoms with van der Waals surface area (Å²) < 4.78 is 27.8. The van der Waals surface area contributed by atoms with Gasteiger partial charge in [-0.05, 0) is 42.5 Å². The number of anilines is 2. The summed E-state index contributed by atoms with van der Waals surface area (Å²) in [4.78, 5) is 17.4. The summed E-state index contributed by atoms with van der Waals surface area (Å²) in [6.45, 7) is 0. The number of nitrogens with zero attached hydrogens (tertiary/aromatic N) is 1. The predicted molar refractivity (Wildman–Crippen MR) is 129 cm³/mol. The largest absolute Gasteiger partial charge is 0.298 e. The van der Waals surface area contributed by atoms with Crippen molar-refractivity contribution in [2.45, 2.75) is 4.90 Å². The van der Waals surface area contributed by atoms with Crippen LogP contribution in [-0.4, -0.2) is 19.3 Å². The Morgan fingerprint density at radius 1 is 0.938 bits per heavy atom. The van der Waals surface area contributed by atoms with Crippen molar-refractivity contribution in [3.05, 3.63) is 93.8 Å². The number of thiazole rings is 1. The van der Waals surface area contributed by atoms with E-state index in [0.29, 0.717) is 26.4 Å². The van der Waals surface area contributed by atoms with Crippen LogP contribution in [0.25, 0.3) is 11.3 Å². The fourth-order valence-electron chi connectivity index (χ4n) is 2.89. The summed E-state index contributed by atoms with van der Waals surface area (Å²) in [5, 5.41) is 5.79. The monoisotopic (exact) mass is 503 g/mol. The molecule has 1 aromatic heterocycles. The molecule has 10 heteroatoms. The summed E-state index contributed by atoms with van der Waals surface area (Å²) >= 11 is 13.5. The quantitative estimate of drug-likeness (QED) is 0.329. The third kappa shape index (κ3) is 4.94. The molecule has 1 heterocycles. The minimum Gasteiger partial charge on any atom is -0.298 e. The highest BCUT2D eigenvalue weighted by molar-refractivity contribution is 7.92. The zero-order chi connectivity index (χ0) is 22.7. The van der Waals surface area contributed by atoms with Crippen LogP contribution in [-0.2, 0) is 10.0 Å². The first-order valence-electron chi connectivity index (χ1n) is 9.23. The lowest BCUT2D eigenvalue weighted by Crippen LogP contribution is -2.18. The zero-order valence-electron chi connectivity index (χ0n) is 16.2. The van der Waals surface area contributed by atoms with Gasteiger partial charge in [-0.25, -0.2) is 13.4 Å². The molecule has 4 aromatic rings. The Balaban J connectivity index is 1.57. The van der Waals surface area contributed by atoms with Gasteiger partial charge >= 0.3 is 0 Å². The molecule has 3 aromatic carbocycles. The number of sulfonamides is 1. The van der Waals surface area contributed by atoms with Crippen molar-refractivity contribution in [3.8, 4) is 11.3 Å². The maximum absolute atomic E-state index is 12.9. The van der Waals surface area contributed by atoms with E-state index in [4.69, 9.17) is 23.2 Å². The van der Waals surface area contributed by atoms with Gasteiger partial charge in [-0.1, -0.05) is 53.5 Å². The van der Waals surface area contributed by atoms with Crippen LogP contribution in [0.1, 0.15) is 10.4 Å². The Morgan fingerprint density at radius 3 is 2.44 bits per heavy atom. The Kier molecular flexibility index (Phi) is 6.48. The highest BCUT2D eigenvalue weighted by atomic mass is 35.5. The van der Waals surface area contributed by atoms with Crippen LogP contribution < -0.4 is 10.0 Å². The van der Waals surface area contributed by atoms with E-state index in [0.717, 1.165) is 0 Å². The van der Waals surface area contributed by atoms with Crippen molar-refractivity contribution < 1.29 is 13.2 Å². The molecule has 32 heavy (non-hydrogen) atoms. The highest BCUT2D eigenvalue weighted by Crippen LogP contribution is 2.33. The second kappa shape index (κ2) is 9.30. The number of nitrogens with one attached hydrogen (secondary N) is 2. The van der Waals surface area contributed by atoms with Crippen molar-refractivity contribution in [1.82, 2.24) is 4.98 Å². The fraction of sp³-hybridized carbons (Fsp3) is 0. The van der Waals surface area contributed by atoms with E-state index in [1.807, 2.05) is 0 Å². The molecule has 162 valence electrons. The van der Waals surface area contributed by atoms with Gasteiger partial charge < -0.3 is 0 Å².